The maximum atomic E-state index is 13.0. The highest BCUT2D eigenvalue weighted by molar-refractivity contribution is 5.87. The highest BCUT2D eigenvalue weighted by atomic mass is 19.1. The van der Waals surface area contributed by atoms with Crippen molar-refractivity contribution in [2.45, 2.75) is 30.7 Å². The molecule has 0 N–H and O–H groups in total. The third-order valence-electron chi connectivity index (χ3n) is 5.59. The number of carbonyl (C=O) groups excluding carboxylic acids is 1. The lowest BCUT2D eigenvalue weighted by molar-refractivity contribution is -0.131. The Balaban J connectivity index is 1.50. The molecule has 2 aromatic heterocycles. The van der Waals surface area contributed by atoms with E-state index in [1.807, 2.05) is 24.1 Å². The molecule has 7 heteroatoms. The molecule has 1 amide bonds. The largest absolute Gasteiger partial charge is 0.341 e. The first-order valence-corrected chi connectivity index (χ1v) is 8.49. The summed E-state index contributed by atoms with van der Waals surface area (Å²) < 4.78 is 13.0. The molecule has 25 heavy (non-hydrogen) atoms. The molecular formula is C18H20FN5O. The third kappa shape index (κ3) is 2.73. The van der Waals surface area contributed by atoms with Gasteiger partial charge in [0.15, 0.2) is 5.82 Å². The Hall–Kier alpha value is -2.57. The molecule has 1 spiro atoms. The minimum Gasteiger partial charge on any atom is -0.341 e. The molecule has 4 heterocycles. The Bertz CT molecular complexity index is 759. The van der Waals surface area contributed by atoms with E-state index in [0.29, 0.717) is 5.95 Å². The number of piperidine rings is 1. The van der Waals surface area contributed by atoms with Crippen LogP contribution in [0.3, 0.4) is 0 Å². The summed E-state index contributed by atoms with van der Waals surface area (Å²) in [6, 6.07) is 3.85. The first-order chi connectivity index (χ1) is 12.1. The Labute approximate surface area is 145 Å². The number of likely N-dealkylation sites (N-methyl/N-ethyl adjacent to an activating group) is 1. The third-order valence-corrected chi connectivity index (χ3v) is 5.59. The zero-order chi connectivity index (χ0) is 17.4. The molecule has 2 aliphatic rings. The van der Waals surface area contributed by atoms with Crippen molar-refractivity contribution in [1.29, 1.82) is 0 Å². The lowest BCUT2D eigenvalue weighted by Gasteiger charge is -2.43. The summed E-state index contributed by atoms with van der Waals surface area (Å²) in [6.07, 6.45) is 8.42. The van der Waals surface area contributed by atoms with Gasteiger partial charge in [-0.05, 0) is 30.9 Å². The summed E-state index contributed by atoms with van der Waals surface area (Å²) in [7, 11) is 1.91. The summed E-state index contributed by atoms with van der Waals surface area (Å²) in [5, 5.41) is 0. The Morgan fingerprint density at radius 2 is 1.92 bits per heavy atom. The van der Waals surface area contributed by atoms with Crippen molar-refractivity contribution in [3.63, 3.8) is 0 Å². The summed E-state index contributed by atoms with van der Waals surface area (Å²) in [5.74, 6) is 0.163. The molecule has 2 saturated heterocycles. The highest BCUT2D eigenvalue weighted by Gasteiger charge is 2.50. The highest BCUT2D eigenvalue weighted by Crippen LogP contribution is 2.44. The van der Waals surface area contributed by atoms with E-state index in [-0.39, 0.29) is 17.4 Å². The first kappa shape index (κ1) is 15.9. The predicted molar refractivity (Wildman–Crippen MR) is 90.5 cm³/mol. The summed E-state index contributed by atoms with van der Waals surface area (Å²) in [5.41, 5.74) is 0.856. The van der Waals surface area contributed by atoms with Gasteiger partial charge in [0.1, 0.15) is 0 Å². The van der Waals surface area contributed by atoms with Crippen LogP contribution >= 0.6 is 0 Å². The van der Waals surface area contributed by atoms with Gasteiger partial charge in [0.2, 0.25) is 11.9 Å². The van der Waals surface area contributed by atoms with Crippen molar-refractivity contribution in [2.75, 3.05) is 25.0 Å². The monoisotopic (exact) mass is 341 g/mol. The number of carbonyl (C=O) groups is 1. The van der Waals surface area contributed by atoms with Gasteiger partial charge >= 0.3 is 0 Å². The molecule has 0 aromatic carbocycles. The van der Waals surface area contributed by atoms with Crippen LogP contribution in [0.2, 0.25) is 0 Å². The SMILES string of the molecule is CN1C(=O)[C@H](c2cccnc2)CC12CCN(c1ncc(F)cn1)CC2. The average molecular weight is 341 g/mol. The van der Waals surface area contributed by atoms with E-state index in [1.165, 1.54) is 12.4 Å². The molecular weight excluding hydrogens is 321 g/mol. The Kier molecular flexibility index (Phi) is 3.86. The molecule has 0 saturated carbocycles. The summed E-state index contributed by atoms with van der Waals surface area (Å²) >= 11 is 0. The standard InChI is InChI=1S/C18H20FN5O/c1-23-16(25)15(13-3-2-6-20-10-13)9-18(23)4-7-24(8-5-18)17-21-11-14(19)12-22-17/h2-3,6,10-12,15H,4-5,7-9H2,1H3/t15-/m0/s1. The van der Waals surface area contributed by atoms with E-state index in [4.69, 9.17) is 0 Å². The van der Waals surface area contributed by atoms with Crippen molar-refractivity contribution in [1.82, 2.24) is 19.9 Å². The van der Waals surface area contributed by atoms with Crippen LogP contribution in [0.5, 0.6) is 0 Å². The van der Waals surface area contributed by atoms with Gasteiger partial charge in [-0.25, -0.2) is 14.4 Å². The number of pyridine rings is 1. The van der Waals surface area contributed by atoms with Gasteiger partial charge in [0.05, 0.1) is 18.3 Å². The smallest absolute Gasteiger partial charge is 0.230 e. The van der Waals surface area contributed by atoms with Crippen LogP contribution in [0.4, 0.5) is 10.3 Å². The van der Waals surface area contributed by atoms with Crippen LogP contribution < -0.4 is 4.90 Å². The molecule has 2 aromatic rings. The molecule has 130 valence electrons. The quantitative estimate of drug-likeness (QED) is 0.836. The number of hydrogen-bond acceptors (Lipinski definition) is 5. The number of nitrogens with zero attached hydrogens (tertiary/aromatic N) is 5. The molecule has 0 bridgehead atoms. The second-order valence-electron chi connectivity index (χ2n) is 6.85. The fourth-order valence-electron chi connectivity index (χ4n) is 4.05. The summed E-state index contributed by atoms with van der Waals surface area (Å²) in [4.78, 5) is 29.1. The van der Waals surface area contributed by atoms with Crippen LogP contribution in [0.15, 0.2) is 36.9 Å². The number of anilines is 1. The van der Waals surface area contributed by atoms with E-state index in [0.717, 1.165) is 37.9 Å². The predicted octanol–water partition coefficient (Wildman–Crippen LogP) is 2.00. The lowest BCUT2D eigenvalue weighted by atomic mass is 9.81. The first-order valence-electron chi connectivity index (χ1n) is 8.49. The molecule has 6 nitrogen and oxygen atoms in total. The minimum absolute atomic E-state index is 0.118. The fraction of sp³-hybridized carbons (Fsp3) is 0.444. The van der Waals surface area contributed by atoms with Gasteiger partial charge in [-0.1, -0.05) is 6.07 Å². The second kappa shape index (κ2) is 6.06. The number of amides is 1. The average Bonchev–Trinajstić information content (AvgIpc) is 2.89. The van der Waals surface area contributed by atoms with E-state index < -0.39 is 5.82 Å². The van der Waals surface area contributed by atoms with Gasteiger partial charge < -0.3 is 9.80 Å². The molecule has 0 aliphatic carbocycles. The molecule has 4 rings (SSSR count). The van der Waals surface area contributed by atoms with Crippen molar-refractivity contribution in [3.8, 4) is 0 Å². The molecule has 1 atom stereocenters. The number of hydrogen-bond donors (Lipinski definition) is 0. The van der Waals surface area contributed by atoms with Crippen molar-refractivity contribution in [3.05, 3.63) is 48.3 Å². The van der Waals surface area contributed by atoms with Gasteiger partial charge in [-0.3, -0.25) is 9.78 Å². The number of halogens is 1. The number of aromatic nitrogens is 3. The molecule has 0 radical (unpaired) electrons. The zero-order valence-electron chi connectivity index (χ0n) is 14.1. The van der Waals surface area contributed by atoms with Gasteiger partial charge in [0.25, 0.3) is 0 Å². The molecule has 2 aliphatic heterocycles. The van der Waals surface area contributed by atoms with Crippen LogP contribution in [-0.4, -0.2) is 51.4 Å². The van der Waals surface area contributed by atoms with E-state index in [2.05, 4.69) is 19.9 Å². The van der Waals surface area contributed by atoms with E-state index >= 15 is 0 Å². The van der Waals surface area contributed by atoms with Gasteiger partial charge in [-0.2, -0.15) is 0 Å². The van der Waals surface area contributed by atoms with Crippen LogP contribution in [0.1, 0.15) is 30.7 Å². The van der Waals surface area contributed by atoms with Gasteiger partial charge in [0, 0.05) is 38.1 Å². The minimum atomic E-state index is -0.433. The van der Waals surface area contributed by atoms with Gasteiger partial charge in [-0.15, -0.1) is 0 Å². The lowest BCUT2D eigenvalue weighted by Crippen LogP contribution is -2.52. The van der Waals surface area contributed by atoms with Crippen LogP contribution in [0.25, 0.3) is 0 Å². The zero-order valence-corrected chi connectivity index (χ0v) is 14.1. The van der Waals surface area contributed by atoms with E-state index in [9.17, 15) is 9.18 Å². The topological polar surface area (TPSA) is 62.2 Å². The van der Waals surface area contributed by atoms with Crippen LogP contribution in [0, 0.1) is 5.82 Å². The fourth-order valence-corrected chi connectivity index (χ4v) is 4.05. The molecule has 2 fully saturated rings. The van der Waals surface area contributed by atoms with Crippen molar-refractivity contribution >= 4 is 11.9 Å². The van der Waals surface area contributed by atoms with E-state index in [1.54, 1.807) is 12.4 Å². The molecule has 0 unspecified atom stereocenters. The normalized spacial score (nSPS) is 22.6. The second-order valence-corrected chi connectivity index (χ2v) is 6.85. The Morgan fingerprint density at radius 1 is 1.20 bits per heavy atom. The maximum Gasteiger partial charge on any atom is 0.230 e. The number of rotatable bonds is 2. The van der Waals surface area contributed by atoms with Crippen LogP contribution in [-0.2, 0) is 4.79 Å². The van der Waals surface area contributed by atoms with Crippen molar-refractivity contribution in [2.24, 2.45) is 0 Å². The number of likely N-dealkylation sites (tertiary alicyclic amines) is 1. The maximum absolute atomic E-state index is 13.0. The summed E-state index contributed by atoms with van der Waals surface area (Å²) in [6.45, 7) is 1.51. The van der Waals surface area contributed by atoms with Crippen molar-refractivity contribution < 1.29 is 9.18 Å². The Morgan fingerprint density at radius 3 is 2.56 bits per heavy atom.